The molecule has 2 saturated heterocycles. The Labute approximate surface area is 147 Å². The third-order valence-corrected chi connectivity index (χ3v) is 5.21. The molecule has 1 N–H and O–H groups in total. The summed E-state index contributed by atoms with van der Waals surface area (Å²) in [4.78, 5) is 23.5. The molecule has 0 aliphatic carbocycles. The Morgan fingerprint density at radius 3 is 3.00 bits per heavy atom. The third-order valence-electron chi connectivity index (χ3n) is 5.21. The van der Waals surface area contributed by atoms with Crippen molar-refractivity contribution in [3.8, 4) is 0 Å². The number of amides is 2. The summed E-state index contributed by atoms with van der Waals surface area (Å²) in [6.45, 7) is 5.06. The van der Waals surface area contributed by atoms with Crippen molar-refractivity contribution in [3.05, 3.63) is 18.2 Å². The SMILES string of the molecule is C[C@@H]1CN2CCC[C@@H]2CN1C(=O)Nc1ccc2nc(N(C)C)oc2c1. The van der Waals surface area contributed by atoms with Crippen LogP contribution in [0, 0.1) is 0 Å². The monoisotopic (exact) mass is 343 g/mol. The first kappa shape index (κ1) is 16.2. The van der Waals surface area contributed by atoms with Gasteiger partial charge in [0.2, 0.25) is 0 Å². The van der Waals surface area contributed by atoms with E-state index in [9.17, 15) is 4.79 Å². The molecule has 4 rings (SSSR count). The van der Waals surface area contributed by atoms with Gasteiger partial charge in [-0.2, -0.15) is 4.98 Å². The average Bonchev–Trinajstić information content (AvgIpc) is 3.19. The minimum Gasteiger partial charge on any atom is -0.423 e. The summed E-state index contributed by atoms with van der Waals surface area (Å²) in [5.74, 6) is 0. The van der Waals surface area contributed by atoms with Gasteiger partial charge in [-0.15, -0.1) is 0 Å². The number of carbonyl (C=O) groups is 1. The summed E-state index contributed by atoms with van der Waals surface area (Å²) in [5.41, 5.74) is 2.20. The van der Waals surface area contributed by atoms with E-state index in [0.29, 0.717) is 17.6 Å². The molecule has 134 valence electrons. The van der Waals surface area contributed by atoms with Crippen LogP contribution in [0.3, 0.4) is 0 Å². The number of hydrogen-bond acceptors (Lipinski definition) is 5. The predicted molar refractivity (Wildman–Crippen MR) is 98.1 cm³/mol. The lowest BCUT2D eigenvalue weighted by Crippen LogP contribution is -2.57. The number of piperazine rings is 1. The smallest absolute Gasteiger partial charge is 0.322 e. The minimum atomic E-state index is -0.0363. The van der Waals surface area contributed by atoms with Gasteiger partial charge in [-0.3, -0.25) is 4.90 Å². The van der Waals surface area contributed by atoms with Crippen LogP contribution in [0.1, 0.15) is 19.8 Å². The van der Waals surface area contributed by atoms with Gasteiger partial charge in [0.25, 0.3) is 6.01 Å². The molecular weight excluding hydrogens is 318 g/mol. The van der Waals surface area contributed by atoms with E-state index in [1.807, 2.05) is 42.1 Å². The molecule has 0 unspecified atom stereocenters. The van der Waals surface area contributed by atoms with Crippen LogP contribution in [0.2, 0.25) is 0 Å². The first-order chi connectivity index (χ1) is 12.0. The quantitative estimate of drug-likeness (QED) is 0.908. The zero-order valence-corrected chi connectivity index (χ0v) is 15.0. The molecular formula is C18H25N5O2. The number of urea groups is 1. The summed E-state index contributed by atoms with van der Waals surface area (Å²) in [7, 11) is 3.77. The highest BCUT2D eigenvalue weighted by atomic mass is 16.4. The lowest BCUT2D eigenvalue weighted by Gasteiger charge is -2.42. The van der Waals surface area contributed by atoms with Gasteiger partial charge in [0.15, 0.2) is 5.58 Å². The van der Waals surface area contributed by atoms with Crippen LogP contribution < -0.4 is 10.2 Å². The van der Waals surface area contributed by atoms with Gasteiger partial charge in [-0.25, -0.2) is 4.79 Å². The van der Waals surface area contributed by atoms with E-state index in [0.717, 1.165) is 24.3 Å². The molecule has 2 atom stereocenters. The van der Waals surface area contributed by atoms with Crippen LogP contribution in [0.5, 0.6) is 0 Å². The van der Waals surface area contributed by atoms with Gasteiger partial charge >= 0.3 is 6.03 Å². The fourth-order valence-electron chi connectivity index (χ4n) is 3.85. The molecule has 0 bridgehead atoms. The molecule has 25 heavy (non-hydrogen) atoms. The summed E-state index contributed by atoms with van der Waals surface area (Å²) in [6, 6.07) is 6.85. The highest BCUT2D eigenvalue weighted by molar-refractivity contribution is 5.92. The van der Waals surface area contributed by atoms with Crippen molar-refractivity contribution in [1.29, 1.82) is 0 Å². The molecule has 3 heterocycles. The first-order valence-corrected chi connectivity index (χ1v) is 8.91. The predicted octanol–water partition coefficient (Wildman–Crippen LogP) is 2.59. The number of nitrogens with zero attached hydrogens (tertiary/aromatic N) is 4. The van der Waals surface area contributed by atoms with Crippen molar-refractivity contribution in [1.82, 2.24) is 14.8 Å². The Bertz CT molecular complexity index is 787. The number of oxazole rings is 1. The summed E-state index contributed by atoms with van der Waals surface area (Å²) in [6.07, 6.45) is 2.43. The highest BCUT2D eigenvalue weighted by Gasteiger charge is 2.36. The Morgan fingerprint density at radius 2 is 2.20 bits per heavy atom. The van der Waals surface area contributed by atoms with E-state index < -0.39 is 0 Å². The Morgan fingerprint density at radius 1 is 1.36 bits per heavy atom. The molecule has 2 aromatic rings. The van der Waals surface area contributed by atoms with Gasteiger partial charge < -0.3 is 19.5 Å². The zero-order chi connectivity index (χ0) is 17.6. The number of anilines is 2. The van der Waals surface area contributed by atoms with Gasteiger partial charge in [0.05, 0.1) is 0 Å². The third kappa shape index (κ3) is 3.04. The van der Waals surface area contributed by atoms with E-state index in [1.54, 1.807) is 0 Å². The summed E-state index contributed by atoms with van der Waals surface area (Å²) in [5, 5.41) is 3.02. The topological polar surface area (TPSA) is 64.8 Å². The van der Waals surface area contributed by atoms with Gasteiger partial charge in [-0.1, -0.05) is 0 Å². The molecule has 7 heteroatoms. The fraction of sp³-hybridized carbons (Fsp3) is 0.556. The van der Waals surface area contributed by atoms with Crippen molar-refractivity contribution in [2.45, 2.75) is 31.8 Å². The van der Waals surface area contributed by atoms with Crippen LogP contribution >= 0.6 is 0 Å². The normalized spacial score (nSPS) is 23.7. The maximum atomic E-state index is 12.8. The Balaban J connectivity index is 1.49. The van der Waals surface area contributed by atoms with Crippen LogP contribution in [0.15, 0.2) is 22.6 Å². The number of fused-ring (bicyclic) bond motifs is 2. The number of rotatable bonds is 2. The number of aromatic nitrogens is 1. The van der Waals surface area contributed by atoms with E-state index in [2.05, 4.69) is 22.1 Å². The molecule has 0 radical (unpaired) electrons. The van der Waals surface area contributed by atoms with E-state index in [1.165, 1.54) is 19.4 Å². The molecule has 2 amide bonds. The fourth-order valence-corrected chi connectivity index (χ4v) is 3.85. The Kier molecular flexibility index (Phi) is 4.03. The standard InChI is InChI=1S/C18H25N5O2/c1-12-10-22-8-4-5-14(22)11-23(12)17(24)19-13-6-7-15-16(9-13)25-18(20-15)21(2)3/h6-7,9,12,14H,4-5,8,10-11H2,1-3H3,(H,19,24)/t12-,14-/m1/s1. The maximum absolute atomic E-state index is 12.8. The second-order valence-electron chi connectivity index (χ2n) is 7.30. The number of benzene rings is 1. The van der Waals surface area contributed by atoms with Crippen molar-refractivity contribution in [3.63, 3.8) is 0 Å². The number of nitrogens with one attached hydrogen (secondary N) is 1. The van der Waals surface area contributed by atoms with Crippen LogP contribution in [0.4, 0.5) is 16.5 Å². The van der Waals surface area contributed by atoms with E-state index in [4.69, 9.17) is 4.42 Å². The second-order valence-corrected chi connectivity index (χ2v) is 7.30. The van der Waals surface area contributed by atoms with Gasteiger partial charge in [-0.05, 0) is 38.4 Å². The molecule has 0 spiro atoms. The molecule has 1 aromatic heterocycles. The van der Waals surface area contributed by atoms with Crippen molar-refractivity contribution >= 4 is 28.8 Å². The van der Waals surface area contributed by atoms with E-state index in [-0.39, 0.29) is 12.1 Å². The summed E-state index contributed by atoms with van der Waals surface area (Å²) >= 11 is 0. The molecule has 7 nitrogen and oxygen atoms in total. The number of carbonyl (C=O) groups excluding carboxylic acids is 1. The molecule has 2 aliphatic heterocycles. The lowest BCUT2D eigenvalue weighted by atomic mass is 10.1. The van der Waals surface area contributed by atoms with Crippen LogP contribution in [-0.4, -0.2) is 66.6 Å². The lowest BCUT2D eigenvalue weighted by molar-refractivity contribution is 0.0861. The zero-order valence-electron chi connectivity index (χ0n) is 15.0. The highest BCUT2D eigenvalue weighted by Crippen LogP contribution is 2.26. The van der Waals surface area contributed by atoms with Gasteiger partial charge in [0, 0.05) is 51.0 Å². The average molecular weight is 343 g/mol. The van der Waals surface area contributed by atoms with Gasteiger partial charge in [0.1, 0.15) is 5.52 Å². The molecule has 1 aromatic carbocycles. The molecule has 0 saturated carbocycles. The largest absolute Gasteiger partial charge is 0.423 e. The van der Waals surface area contributed by atoms with Crippen molar-refractivity contribution in [2.75, 3.05) is 43.9 Å². The Hall–Kier alpha value is -2.28. The maximum Gasteiger partial charge on any atom is 0.322 e. The minimum absolute atomic E-state index is 0.0363. The van der Waals surface area contributed by atoms with Crippen LogP contribution in [0.25, 0.3) is 11.1 Å². The second kappa shape index (κ2) is 6.22. The summed E-state index contributed by atoms with van der Waals surface area (Å²) < 4.78 is 5.72. The first-order valence-electron chi connectivity index (χ1n) is 8.91. The van der Waals surface area contributed by atoms with Crippen molar-refractivity contribution < 1.29 is 9.21 Å². The van der Waals surface area contributed by atoms with E-state index >= 15 is 0 Å². The molecule has 2 aliphatic rings. The molecule has 2 fully saturated rings. The van der Waals surface area contributed by atoms with Crippen molar-refractivity contribution in [2.24, 2.45) is 0 Å². The number of hydrogen-bond donors (Lipinski definition) is 1. The van der Waals surface area contributed by atoms with Crippen LogP contribution in [-0.2, 0) is 0 Å².